The van der Waals surface area contributed by atoms with Gasteiger partial charge in [-0.05, 0) is 95.7 Å². The van der Waals surface area contributed by atoms with Gasteiger partial charge in [-0.25, -0.2) is 0 Å². The summed E-state index contributed by atoms with van der Waals surface area (Å²) in [7, 11) is 0. The third kappa shape index (κ3) is 3.88. The minimum Gasteiger partial charge on any atom is -0.0632 e. The minimum atomic E-state index is -0.354. The maximum atomic E-state index is 2.43. The molecule has 1 unspecified atom stereocenters. The third-order valence-corrected chi connectivity index (χ3v) is 8.01. The smallest absolute Gasteiger partial charge is 0.0632 e. The van der Waals surface area contributed by atoms with Crippen molar-refractivity contribution in [2.24, 2.45) is 5.92 Å². The zero-order valence-corrected chi connectivity index (χ0v) is 22.8. The van der Waals surface area contributed by atoms with Gasteiger partial charge in [0.15, 0.2) is 0 Å². The van der Waals surface area contributed by atoms with E-state index < -0.39 is 0 Å². The summed E-state index contributed by atoms with van der Waals surface area (Å²) in [5.41, 5.74) is 17.6. The van der Waals surface area contributed by atoms with Crippen molar-refractivity contribution in [2.75, 3.05) is 0 Å². The molecule has 0 spiro atoms. The average Bonchev–Trinajstić information content (AvgIpc) is 2.91. The molecule has 1 aliphatic carbocycles. The monoisotopic (exact) mass is 448 g/mol. The molecule has 0 nitrogen and oxygen atoms in total. The Hall–Kier alpha value is -2.86. The molecule has 0 heteroatoms. The number of hydrogen-bond acceptors (Lipinski definition) is 0. The van der Waals surface area contributed by atoms with E-state index in [2.05, 4.69) is 124 Å². The molecule has 0 bridgehead atoms. The maximum Gasteiger partial charge on any atom is 0.0673 e. The van der Waals surface area contributed by atoms with Gasteiger partial charge in [-0.2, -0.15) is 0 Å². The Bertz CT molecular complexity index is 1160. The van der Waals surface area contributed by atoms with Gasteiger partial charge in [-0.1, -0.05) is 100 Å². The number of rotatable bonds is 4. The van der Waals surface area contributed by atoms with Gasteiger partial charge in [0.1, 0.15) is 0 Å². The second-order valence-corrected chi connectivity index (χ2v) is 10.9. The normalized spacial score (nSPS) is 16.6. The van der Waals surface area contributed by atoms with E-state index in [4.69, 9.17) is 0 Å². The van der Waals surface area contributed by atoms with Gasteiger partial charge >= 0.3 is 0 Å². The molecule has 0 amide bonds. The Balaban J connectivity index is 2.28. The zero-order chi connectivity index (χ0) is 24.9. The molecule has 1 aliphatic rings. The number of benzene rings is 3. The fourth-order valence-electron chi connectivity index (χ4n) is 6.51. The van der Waals surface area contributed by atoms with Gasteiger partial charge in [-0.3, -0.25) is 0 Å². The van der Waals surface area contributed by atoms with Crippen molar-refractivity contribution < 1.29 is 0 Å². The zero-order valence-electron chi connectivity index (χ0n) is 22.8. The van der Waals surface area contributed by atoms with E-state index in [9.17, 15) is 0 Å². The fourth-order valence-corrected chi connectivity index (χ4v) is 6.51. The van der Waals surface area contributed by atoms with Crippen molar-refractivity contribution in [3.63, 3.8) is 0 Å². The van der Waals surface area contributed by atoms with Crippen LogP contribution in [0.2, 0.25) is 0 Å². The quantitative estimate of drug-likeness (QED) is 0.349. The Labute approximate surface area is 207 Å². The highest BCUT2D eigenvalue weighted by molar-refractivity contribution is 5.67. The summed E-state index contributed by atoms with van der Waals surface area (Å²) in [6.45, 7) is 22.8. The highest BCUT2D eigenvalue weighted by Gasteiger charge is 2.46. The van der Waals surface area contributed by atoms with Gasteiger partial charge < -0.3 is 0 Å². The van der Waals surface area contributed by atoms with Crippen molar-refractivity contribution in [3.05, 3.63) is 127 Å². The van der Waals surface area contributed by atoms with E-state index >= 15 is 0 Å². The molecular formula is C34H40. The summed E-state index contributed by atoms with van der Waals surface area (Å²) in [6.07, 6.45) is 0. The van der Waals surface area contributed by atoms with E-state index in [-0.39, 0.29) is 5.41 Å². The minimum absolute atomic E-state index is 0.354. The molecule has 34 heavy (non-hydrogen) atoms. The fraction of sp³-hybridized carbons (Fsp3) is 0.353. The first-order chi connectivity index (χ1) is 15.9. The van der Waals surface area contributed by atoms with E-state index in [1.807, 2.05) is 0 Å². The van der Waals surface area contributed by atoms with Crippen LogP contribution in [0.4, 0.5) is 0 Å². The maximum absolute atomic E-state index is 2.43. The first kappa shape index (κ1) is 24.3. The number of aryl methyl sites for hydroxylation is 6. The predicted octanol–water partition coefficient (Wildman–Crippen LogP) is 9.17. The molecule has 176 valence electrons. The van der Waals surface area contributed by atoms with Crippen LogP contribution in [-0.4, -0.2) is 0 Å². The molecule has 3 aromatic carbocycles. The van der Waals surface area contributed by atoms with Crippen LogP contribution in [0.25, 0.3) is 0 Å². The molecule has 4 rings (SSSR count). The van der Waals surface area contributed by atoms with Crippen LogP contribution >= 0.6 is 0 Å². The molecule has 1 atom stereocenters. The SMILES string of the molecule is CC1=C(C)C(C)C(C(c2cc(C)cc(C)c2)(c2cc(C)cc(C)c2)c2cc(C)cc(C)c2)=C1C. The highest BCUT2D eigenvalue weighted by Crippen LogP contribution is 2.54. The second-order valence-electron chi connectivity index (χ2n) is 10.9. The summed E-state index contributed by atoms with van der Waals surface area (Å²) in [5, 5.41) is 0. The van der Waals surface area contributed by atoms with Crippen LogP contribution in [0, 0.1) is 47.5 Å². The van der Waals surface area contributed by atoms with Crippen LogP contribution in [-0.2, 0) is 5.41 Å². The van der Waals surface area contributed by atoms with Gasteiger partial charge in [-0.15, -0.1) is 0 Å². The molecular weight excluding hydrogens is 408 g/mol. The molecule has 0 saturated heterocycles. The molecule has 0 aromatic heterocycles. The largest absolute Gasteiger partial charge is 0.0673 e. The summed E-state index contributed by atoms with van der Waals surface area (Å²) in [4.78, 5) is 0. The van der Waals surface area contributed by atoms with Crippen molar-refractivity contribution in [1.82, 2.24) is 0 Å². The molecule has 0 radical (unpaired) electrons. The standard InChI is InChI=1S/C34H40/c1-20-11-21(2)15-30(14-20)34(31-16-22(3)12-23(4)17-31,32-18-24(5)13-25(6)19-32)33-28(9)26(7)27(8)29(33)10/h11-19,28H,1-10H3. The summed E-state index contributed by atoms with van der Waals surface area (Å²) in [6, 6.07) is 21.5. The van der Waals surface area contributed by atoms with Crippen molar-refractivity contribution in [2.45, 2.75) is 74.7 Å². The molecule has 0 saturated carbocycles. The molecule has 3 aromatic rings. The van der Waals surface area contributed by atoms with Crippen LogP contribution in [0.3, 0.4) is 0 Å². The topological polar surface area (TPSA) is 0 Å². The van der Waals surface area contributed by atoms with Gasteiger partial charge in [0.25, 0.3) is 0 Å². The van der Waals surface area contributed by atoms with Gasteiger partial charge in [0.2, 0.25) is 0 Å². The Kier molecular flexibility index (Phi) is 6.23. The Morgan fingerprint density at radius 1 is 0.441 bits per heavy atom. The number of hydrogen-bond donors (Lipinski definition) is 0. The third-order valence-electron chi connectivity index (χ3n) is 8.01. The van der Waals surface area contributed by atoms with E-state index in [1.165, 1.54) is 72.4 Å². The van der Waals surface area contributed by atoms with E-state index in [0.717, 1.165) is 0 Å². The van der Waals surface area contributed by atoms with Crippen LogP contribution in [0.15, 0.2) is 76.9 Å². The van der Waals surface area contributed by atoms with Crippen molar-refractivity contribution in [1.29, 1.82) is 0 Å². The van der Waals surface area contributed by atoms with Gasteiger partial charge in [0.05, 0.1) is 5.41 Å². The lowest BCUT2D eigenvalue weighted by molar-refractivity contribution is 0.623. The lowest BCUT2D eigenvalue weighted by atomic mass is 9.60. The average molecular weight is 449 g/mol. The van der Waals surface area contributed by atoms with Crippen molar-refractivity contribution in [3.8, 4) is 0 Å². The Morgan fingerprint density at radius 2 is 0.735 bits per heavy atom. The Morgan fingerprint density at radius 3 is 0.971 bits per heavy atom. The van der Waals surface area contributed by atoms with Crippen LogP contribution in [0.1, 0.15) is 77.8 Å². The van der Waals surface area contributed by atoms with Gasteiger partial charge in [0, 0.05) is 5.92 Å². The van der Waals surface area contributed by atoms with Crippen molar-refractivity contribution >= 4 is 0 Å². The lowest BCUT2D eigenvalue weighted by Crippen LogP contribution is -2.35. The summed E-state index contributed by atoms with van der Waals surface area (Å²) >= 11 is 0. The first-order valence-corrected chi connectivity index (χ1v) is 12.6. The molecule has 0 N–H and O–H groups in total. The first-order valence-electron chi connectivity index (χ1n) is 12.6. The predicted molar refractivity (Wildman–Crippen MR) is 148 cm³/mol. The van der Waals surface area contributed by atoms with Crippen LogP contribution in [0.5, 0.6) is 0 Å². The molecule has 0 aliphatic heterocycles. The lowest BCUT2D eigenvalue weighted by Gasteiger charge is -2.42. The van der Waals surface area contributed by atoms with E-state index in [0.29, 0.717) is 5.92 Å². The van der Waals surface area contributed by atoms with E-state index in [1.54, 1.807) is 0 Å². The highest BCUT2D eigenvalue weighted by atomic mass is 14.5. The second kappa shape index (κ2) is 8.73. The summed E-state index contributed by atoms with van der Waals surface area (Å²) < 4.78 is 0. The van der Waals surface area contributed by atoms with Crippen LogP contribution < -0.4 is 0 Å². The number of allylic oxidation sites excluding steroid dienone is 4. The summed E-state index contributed by atoms with van der Waals surface area (Å²) in [5.74, 6) is 0.377. The molecule has 0 fully saturated rings. The molecule has 0 heterocycles.